The first-order chi connectivity index (χ1) is 6.29. The number of esters is 1. The highest BCUT2D eigenvalue weighted by atomic mass is 19.4. The summed E-state index contributed by atoms with van der Waals surface area (Å²) in [5, 5.41) is 0. The maximum Gasteiger partial charge on any atom is 0.404 e. The summed E-state index contributed by atoms with van der Waals surface area (Å²) in [6, 6.07) is 0. The van der Waals surface area contributed by atoms with Crippen LogP contribution in [-0.4, -0.2) is 18.8 Å². The second-order valence-corrected chi connectivity index (χ2v) is 3.30. The molecule has 0 spiro atoms. The Morgan fingerprint density at radius 3 is 2.07 bits per heavy atom. The van der Waals surface area contributed by atoms with Crippen LogP contribution in [0.15, 0.2) is 0 Å². The highest BCUT2D eigenvalue weighted by molar-refractivity contribution is 5.77. The number of halogens is 3. The van der Waals surface area contributed by atoms with Crippen molar-refractivity contribution in [1.82, 2.24) is 0 Å². The molecule has 2 nitrogen and oxygen atoms in total. The molecule has 0 rings (SSSR count). The largest absolute Gasteiger partial charge is 0.465 e. The fraction of sp³-hybridized carbons (Fsp3) is 0.889. The first-order valence-corrected chi connectivity index (χ1v) is 4.53. The van der Waals surface area contributed by atoms with Crippen molar-refractivity contribution in [2.45, 2.75) is 39.8 Å². The molecule has 0 aromatic heterocycles. The highest BCUT2D eigenvalue weighted by Crippen LogP contribution is 2.42. The summed E-state index contributed by atoms with van der Waals surface area (Å²) in [6.07, 6.45) is -4.50. The van der Waals surface area contributed by atoms with Gasteiger partial charge in [0.15, 0.2) is 5.41 Å². The third-order valence-corrected chi connectivity index (χ3v) is 2.10. The van der Waals surface area contributed by atoms with Crippen LogP contribution in [0.3, 0.4) is 0 Å². The lowest BCUT2D eigenvalue weighted by molar-refractivity contribution is -0.231. The van der Waals surface area contributed by atoms with E-state index in [-0.39, 0.29) is 19.4 Å². The number of carbonyl (C=O) groups excluding carboxylic acids is 1. The van der Waals surface area contributed by atoms with Gasteiger partial charge >= 0.3 is 12.1 Å². The molecular weight excluding hydrogens is 197 g/mol. The van der Waals surface area contributed by atoms with E-state index < -0.39 is 17.6 Å². The number of hydrogen-bond acceptors (Lipinski definition) is 2. The summed E-state index contributed by atoms with van der Waals surface area (Å²) in [5.41, 5.74) is -2.36. The Balaban J connectivity index is 4.80. The smallest absolute Gasteiger partial charge is 0.404 e. The molecule has 0 bridgehead atoms. The summed E-state index contributed by atoms with van der Waals surface area (Å²) in [7, 11) is 0. The monoisotopic (exact) mass is 212 g/mol. The highest BCUT2D eigenvalue weighted by Gasteiger charge is 2.56. The van der Waals surface area contributed by atoms with Crippen LogP contribution in [-0.2, 0) is 9.53 Å². The van der Waals surface area contributed by atoms with E-state index >= 15 is 0 Å². The lowest BCUT2D eigenvalue weighted by Crippen LogP contribution is -2.43. The van der Waals surface area contributed by atoms with Crippen LogP contribution < -0.4 is 0 Å². The van der Waals surface area contributed by atoms with Crippen LogP contribution in [0.2, 0.25) is 0 Å². The third kappa shape index (κ3) is 2.62. The molecule has 84 valence electrons. The van der Waals surface area contributed by atoms with E-state index in [2.05, 4.69) is 4.74 Å². The zero-order valence-corrected chi connectivity index (χ0v) is 8.57. The molecule has 0 aromatic rings. The van der Waals surface area contributed by atoms with Gasteiger partial charge in [0.2, 0.25) is 0 Å². The number of alkyl halides is 3. The van der Waals surface area contributed by atoms with Gasteiger partial charge in [-0.25, -0.2) is 0 Å². The van der Waals surface area contributed by atoms with Crippen molar-refractivity contribution >= 4 is 5.97 Å². The molecule has 0 aliphatic rings. The zero-order valence-electron chi connectivity index (χ0n) is 8.57. The molecule has 0 N–H and O–H groups in total. The molecule has 0 amide bonds. The van der Waals surface area contributed by atoms with Crippen LogP contribution in [0.4, 0.5) is 13.2 Å². The predicted molar refractivity (Wildman–Crippen MR) is 45.7 cm³/mol. The van der Waals surface area contributed by atoms with Crippen molar-refractivity contribution in [2.24, 2.45) is 5.41 Å². The molecule has 0 aliphatic carbocycles. The molecule has 0 saturated heterocycles. The molecule has 5 heteroatoms. The zero-order chi connectivity index (χ0) is 11.4. The summed E-state index contributed by atoms with van der Waals surface area (Å²) < 4.78 is 42.1. The standard InChI is InChI=1S/C9H15F3O2/c1-4-6-8(3,9(10,11)12)7(13)14-5-2/h4-6H2,1-3H3. The maximum atomic E-state index is 12.6. The van der Waals surface area contributed by atoms with E-state index in [1.165, 1.54) is 6.92 Å². The summed E-state index contributed by atoms with van der Waals surface area (Å²) in [6.45, 7) is 3.94. The van der Waals surface area contributed by atoms with E-state index in [0.717, 1.165) is 6.92 Å². The lowest BCUT2D eigenvalue weighted by Gasteiger charge is -2.29. The summed E-state index contributed by atoms with van der Waals surface area (Å²) >= 11 is 0. The maximum absolute atomic E-state index is 12.6. The molecule has 1 unspecified atom stereocenters. The fourth-order valence-electron chi connectivity index (χ4n) is 1.15. The van der Waals surface area contributed by atoms with Crippen molar-refractivity contribution in [2.75, 3.05) is 6.61 Å². The summed E-state index contributed by atoms with van der Waals surface area (Å²) in [4.78, 5) is 11.2. The van der Waals surface area contributed by atoms with Crippen molar-refractivity contribution in [3.8, 4) is 0 Å². The second kappa shape index (κ2) is 4.66. The van der Waals surface area contributed by atoms with Gasteiger partial charge in [0, 0.05) is 0 Å². The molecule has 0 radical (unpaired) electrons. The van der Waals surface area contributed by atoms with Crippen LogP contribution in [0.1, 0.15) is 33.6 Å². The molecule has 0 saturated carbocycles. The minimum Gasteiger partial charge on any atom is -0.465 e. The van der Waals surface area contributed by atoms with Crippen molar-refractivity contribution in [3.63, 3.8) is 0 Å². The van der Waals surface area contributed by atoms with E-state index in [1.807, 2.05) is 0 Å². The molecule has 0 heterocycles. The number of rotatable bonds is 4. The van der Waals surface area contributed by atoms with E-state index in [0.29, 0.717) is 0 Å². The van der Waals surface area contributed by atoms with Crippen LogP contribution in [0, 0.1) is 5.41 Å². The van der Waals surface area contributed by atoms with Crippen molar-refractivity contribution < 1.29 is 22.7 Å². The normalized spacial score (nSPS) is 16.1. The molecule has 14 heavy (non-hydrogen) atoms. The van der Waals surface area contributed by atoms with Gasteiger partial charge in [-0.3, -0.25) is 4.79 Å². The third-order valence-electron chi connectivity index (χ3n) is 2.10. The van der Waals surface area contributed by atoms with Gasteiger partial charge in [0.25, 0.3) is 0 Å². The Morgan fingerprint density at radius 2 is 1.79 bits per heavy atom. The molecular formula is C9H15F3O2. The van der Waals surface area contributed by atoms with E-state index in [1.54, 1.807) is 6.92 Å². The van der Waals surface area contributed by atoms with Gasteiger partial charge in [-0.1, -0.05) is 13.3 Å². The molecule has 1 atom stereocenters. The lowest BCUT2D eigenvalue weighted by atomic mass is 9.85. The molecule has 0 aliphatic heterocycles. The Morgan fingerprint density at radius 1 is 1.29 bits per heavy atom. The van der Waals surface area contributed by atoms with Crippen LogP contribution in [0.25, 0.3) is 0 Å². The summed E-state index contributed by atoms with van der Waals surface area (Å²) in [5.74, 6) is -1.19. The van der Waals surface area contributed by atoms with Crippen LogP contribution >= 0.6 is 0 Å². The Hall–Kier alpha value is -0.740. The predicted octanol–water partition coefficient (Wildman–Crippen LogP) is 2.92. The van der Waals surface area contributed by atoms with E-state index in [4.69, 9.17) is 0 Å². The topological polar surface area (TPSA) is 26.3 Å². The minimum atomic E-state index is -4.55. The Labute approximate surface area is 81.4 Å². The van der Waals surface area contributed by atoms with E-state index in [9.17, 15) is 18.0 Å². The van der Waals surface area contributed by atoms with Crippen LogP contribution in [0.5, 0.6) is 0 Å². The first-order valence-electron chi connectivity index (χ1n) is 4.53. The Kier molecular flexibility index (Phi) is 4.42. The van der Waals surface area contributed by atoms with Crippen molar-refractivity contribution in [1.29, 1.82) is 0 Å². The van der Waals surface area contributed by atoms with Gasteiger partial charge in [-0.2, -0.15) is 13.2 Å². The SMILES string of the molecule is CCCC(C)(C(=O)OCC)C(F)(F)F. The fourth-order valence-corrected chi connectivity index (χ4v) is 1.15. The average molecular weight is 212 g/mol. The van der Waals surface area contributed by atoms with Gasteiger partial charge in [-0.05, 0) is 20.3 Å². The Bertz CT molecular complexity index is 201. The molecule has 0 fully saturated rings. The number of hydrogen-bond donors (Lipinski definition) is 0. The van der Waals surface area contributed by atoms with Gasteiger partial charge in [0.1, 0.15) is 0 Å². The number of ether oxygens (including phenoxy) is 1. The minimum absolute atomic E-state index is 0.0335. The molecule has 0 aromatic carbocycles. The first kappa shape index (κ1) is 13.3. The van der Waals surface area contributed by atoms with Crippen molar-refractivity contribution in [3.05, 3.63) is 0 Å². The average Bonchev–Trinajstić information content (AvgIpc) is 2.03. The number of carbonyl (C=O) groups is 1. The van der Waals surface area contributed by atoms with Gasteiger partial charge in [-0.15, -0.1) is 0 Å². The second-order valence-electron chi connectivity index (χ2n) is 3.30. The van der Waals surface area contributed by atoms with Gasteiger partial charge in [0.05, 0.1) is 6.61 Å². The quantitative estimate of drug-likeness (QED) is 0.670. The van der Waals surface area contributed by atoms with Gasteiger partial charge < -0.3 is 4.74 Å².